The third-order valence-corrected chi connectivity index (χ3v) is 4.06. The Bertz CT molecular complexity index is 458. The van der Waals surface area contributed by atoms with Crippen molar-refractivity contribution in [3.8, 4) is 0 Å². The molecule has 0 atom stereocenters. The fraction of sp³-hybridized carbons (Fsp3) is 0.364. The summed E-state index contributed by atoms with van der Waals surface area (Å²) >= 11 is 8.97. The van der Waals surface area contributed by atoms with Crippen molar-refractivity contribution >= 4 is 33.5 Å². The van der Waals surface area contributed by atoms with Crippen molar-refractivity contribution in [2.45, 2.75) is 24.7 Å². The van der Waals surface area contributed by atoms with Gasteiger partial charge >= 0.3 is 5.97 Å². The summed E-state index contributed by atoms with van der Waals surface area (Å²) in [5.74, 6) is -1.37. The Balaban J connectivity index is 2.55. The summed E-state index contributed by atoms with van der Waals surface area (Å²) in [5, 5.41) is 9.44. The van der Waals surface area contributed by atoms with Crippen LogP contribution in [0.5, 0.6) is 0 Å². The Morgan fingerprint density at radius 2 is 2.12 bits per heavy atom. The monoisotopic (exact) mass is 306 g/mol. The third-order valence-electron chi connectivity index (χ3n) is 3.14. The molecule has 1 saturated carbocycles. The number of hydrogen-bond acceptors (Lipinski definition) is 1. The van der Waals surface area contributed by atoms with Crippen LogP contribution in [0.4, 0.5) is 4.39 Å². The second-order valence-electron chi connectivity index (χ2n) is 3.99. The van der Waals surface area contributed by atoms with E-state index in [1.54, 1.807) is 0 Å². The molecule has 1 N–H and O–H groups in total. The molecule has 1 aliphatic rings. The minimum absolute atomic E-state index is 0.183. The Labute approximate surface area is 106 Å². The molecule has 0 saturated heterocycles. The molecule has 0 spiro atoms. The van der Waals surface area contributed by atoms with Crippen LogP contribution in [0.3, 0.4) is 0 Å². The van der Waals surface area contributed by atoms with Gasteiger partial charge in [0, 0.05) is 5.02 Å². The molecule has 1 aromatic rings. The normalized spacial score (nSPS) is 17.9. The topological polar surface area (TPSA) is 37.3 Å². The molecule has 0 amide bonds. The minimum atomic E-state index is -0.923. The minimum Gasteiger partial charge on any atom is -0.481 e. The van der Waals surface area contributed by atoms with Gasteiger partial charge in [0.15, 0.2) is 0 Å². The van der Waals surface area contributed by atoms with E-state index in [1.165, 1.54) is 6.07 Å². The molecule has 2 nitrogen and oxygen atoms in total. The lowest BCUT2D eigenvalue weighted by Gasteiger charge is -2.38. The van der Waals surface area contributed by atoms with E-state index in [4.69, 9.17) is 11.6 Å². The van der Waals surface area contributed by atoms with Gasteiger partial charge in [-0.2, -0.15) is 0 Å². The summed E-state index contributed by atoms with van der Waals surface area (Å²) in [4.78, 5) is 11.3. The maximum Gasteiger partial charge on any atom is 0.314 e. The molecule has 0 radical (unpaired) electrons. The van der Waals surface area contributed by atoms with Gasteiger partial charge in [0.05, 0.1) is 9.89 Å². The number of carboxylic acids is 1. The molecule has 2 rings (SSSR count). The van der Waals surface area contributed by atoms with Crippen LogP contribution < -0.4 is 0 Å². The first-order chi connectivity index (χ1) is 7.47. The number of carboxylic acid groups (broad SMARTS) is 1. The SMILES string of the molecule is O=C(O)C1(c2cc(Br)c(F)cc2Cl)CCC1. The van der Waals surface area contributed by atoms with E-state index in [1.807, 2.05) is 0 Å². The predicted molar refractivity (Wildman–Crippen MR) is 62.3 cm³/mol. The van der Waals surface area contributed by atoms with E-state index in [2.05, 4.69) is 15.9 Å². The zero-order valence-electron chi connectivity index (χ0n) is 8.27. The molecule has 1 aliphatic carbocycles. The highest BCUT2D eigenvalue weighted by atomic mass is 79.9. The second-order valence-corrected chi connectivity index (χ2v) is 5.25. The number of halogens is 3. The van der Waals surface area contributed by atoms with Gasteiger partial charge in [-0.1, -0.05) is 18.0 Å². The van der Waals surface area contributed by atoms with Gasteiger partial charge in [0.25, 0.3) is 0 Å². The van der Waals surface area contributed by atoms with Crippen LogP contribution in [0.25, 0.3) is 0 Å². The van der Waals surface area contributed by atoms with Crippen molar-refractivity contribution in [2.75, 3.05) is 0 Å². The molecular formula is C11H9BrClFO2. The van der Waals surface area contributed by atoms with Gasteiger partial charge in [-0.05, 0) is 46.5 Å². The van der Waals surface area contributed by atoms with Crippen molar-refractivity contribution in [3.05, 3.63) is 33.0 Å². The first-order valence-corrected chi connectivity index (χ1v) is 6.03. The van der Waals surface area contributed by atoms with E-state index >= 15 is 0 Å². The molecule has 1 aromatic carbocycles. The summed E-state index contributed by atoms with van der Waals surface area (Å²) in [6, 6.07) is 2.63. The standard InChI is InChI=1S/C11H9BrClFO2/c12-7-4-6(8(13)5-9(7)14)11(10(15)16)2-1-3-11/h4-5H,1-3H2,(H,15,16). The summed E-state index contributed by atoms with van der Waals surface area (Å²) in [6.07, 6.45) is 1.97. The van der Waals surface area contributed by atoms with Crippen molar-refractivity contribution < 1.29 is 14.3 Å². The van der Waals surface area contributed by atoms with Gasteiger partial charge in [-0.15, -0.1) is 0 Å². The molecule has 0 unspecified atom stereocenters. The van der Waals surface area contributed by atoms with Crippen molar-refractivity contribution in [1.82, 2.24) is 0 Å². The number of benzene rings is 1. The van der Waals surface area contributed by atoms with Gasteiger partial charge in [0.1, 0.15) is 5.82 Å². The highest BCUT2D eigenvalue weighted by Crippen LogP contribution is 2.47. The zero-order valence-corrected chi connectivity index (χ0v) is 10.6. The van der Waals surface area contributed by atoms with E-state index in [0.717, 1.165) is 12.5 Å². The average Bonchev–Trinajstić information content (AvgIpc) is 2.11. The van der Waals surface area contributed by atoms with Crippen LogP contribution in [0.1, 0.15) is 24.8 Å². The van der Waals surface area contributed by atoms with Gasteiger partial charge in [-0.25, -0.2) is 4.39 Å². The van der Waals surface area contributed by atoms with Crippen LogP contribution in [0.2, 0.25) is 5.02 Å². The van der Waals surface area contributed by atoms with E-state index in [0.29, 0.717) is 18.4 Å². The lowest BCUT2D eigenvalue weighted by Crippen LogP contribution is -2.42. The van der Waals surface area contributed by atoms with Crippen molar-refractivity contribution in [2.24, 2.45) is 0 Å². The summed E-state index contributed by atoms with van der Waals surface area (Å²) in [6.45, 7) is 0. The highest BCUT2D eigenvalue weighted by molar-refractivity contribution is 9.10. The lowest BCUT2D eigenvalue weighted by atomic mass is 9.64. The van der Waals surface area contributed by atoms with Crippen LogP contribution in [-0.2, 0) is 10.2 Å². The summed E-state index contributed by atoms with van der Waals surface area (Å²) in [7, 11) is 0. The first kappa shape index (κ1) is 11.9. The second kappa shape index (κ2) is 4.00. The maximum absolute atomic E-state index is 13.2. The smallest absolute Gasteiger partial charge is 0.314 e. The first-order valence-electron chi connectivity index (χ1n) is 4.86. The molecule has 16 heavy (non-hydrogen) atoms. The van der Waals surface area contributed by atoms with E-state index in [-0.39, 0.29) is 9.50 Å². The van der Waals surface area contributed by atoms with E-state index in [9.17, 15) is 14.3 Å². The maximum atomic E-state index is 13.2. The Kier molecular flexibility index (Phi) is 2.97. The van der Waals surface area contributed by atoms with Crippen LogP contribution in [0.15, 0.2) is 16.6 Å². The summed E-state index contributed by atoms with van der Waals surface area (Å²) in [5.41, 5.74) is -0.422. The number of hydrogen-bond donors (Lipinski definition) is 1. The van der Waals surface area contributed by atoms with Crippen LogP contribution in [-0.4, -0.2) is 11.1 Å². The van der Waals surface area contributed by atoms with Gasteiger partial charge in [-0.3, -0.25) is 4.79 Å². The Morgan fingerprint density at radius 3 is 2.56 bits per heavy atom. The Hall–Kier alpha value is -0.610. The third kappa shape index (κ3) is 1.64. The quantitative estimate of drug-likeness (QED) is 0.845. The zero-order chi connectivity index (χ0) is 11.9. The summed E-state index contributed by atoms with van der Waals surface area (Å²) < 4.78 is 13.4. The number of carbonyl (C=O) groups is 1. The van der Waals surface area contributed by atoms with Gasteiger partial charge in [0.2, 0.25) is 0 Å². The van der Waals surface area contributed by atoms with E-state index < -0.39 is 17.2 Å². The van der Waals surface area contributed by atoms with Gasteiger partial charge < -0.3 is 5.11 Å². The predicted octanol–water partition coefficient (Wildman–Crippen LogP) is 3.75. The fourth-order valence-corrected chi connectivity index (χ4v) is 2.69. The largest absolute Gasteiger partial charge is 0.481 e. The fourth-order valence-electron chi connectivity index (χ4n) is 2.02. The molecular weight excluding hydrogens is 298 g/mol. The number of aliphatic carboxylic acids is 1. The molecule has 0 bridgehead atoms. The Morgan fingerprint density at radius 1 is 1.50 bits per heavy atom. The molecule has 86 valence electrons. The molecule has 0 aromatic heterocycles. The lowest BCUT2D eigenvalue weighted by molar-refractivity contribution is -0.147. The molecule has 0 heterocycles. The molecule has 1 fully saturated rings. The molecule has 0 aliphatic heterocycles. The average molecular weight is 308 g/mol. The van der Waals surface area contributed by atoms with Crippen LogP contribution >= 0.6 is 27.5 Å². The molecule has 5 heteroatoms. The van der Waals surface area contributed by atoms with Crippen LogP contribution in [0, 0.1) is 5.82 Å². The van der Waals surface area contributed by atoms with Crippen molar-refractivity contribution in [3.63, 3.8) is 0 Å². The number of rotatable bonds is 2. The van der Waals surface area contributed by atoms with Crippen molar-refractivity contribution in [1.29, 1.82) is 0 Å². The highest BCUT2D eigenvalue weighted by Gasteiger charge is 2.47.